The third-order valence-electron chi connectivity index (χ3n) is 1.78. The third kappa shape index (κ3) is 9.18. The normalized spacial score (nSPS) is 11.4. The summed E-state index contributed by atoms with van der Waals surface area (Å²) in [4.78, 5) is 10.4. The Morgan fingerprint density at radius 1 is 1.53 bits per heavy atom. The molecule has 0 bridgehead atoms. The maximum absolute atomic E-state index is 10.4. The minimum Gasteiger partial charge on any atom is -0.478 e. The van der Waals surface area contributed by atoms with Crippen molar-refractivity contribution in [3.63, 3.8) is 0 Å². The van der Waals surface area contributed by atoms with Gasteiger partial charge in [0.25, 0.3) is 0 Å². The topological polar surface area (TPSA) is 58.6 Å². The Kier molecular flexibility index (Phi) is 8.72. The van der Waals surface area contributed by atoms with Crippen LogP contribution in [0.4, 0.5) is 0 Å². The molecular weight excluding hydrogens is 194 g/mol. The van der Waals surface area contributed by atoms with Gasteiger partial charge in [0.05, 0.1) is 13.2 Å². The number of carboxylic acid groups (broad SMARTS) is 1. The van der Waals surface area contributed by atoms with Crippen molar-refractivity contribution in [3.05, 3.63) is 24.3 Å². The molecule has 0 unspecified atom stereocenters. The van der Waals surface area contributed by atoms with Crippen LogP contribution in [0.25, 0.3) is 0 Å². The largest absolute Gasteiger partial charge is 0.478 e. The van der Waals surface area contributed by atoms with Crippen molar-refractivity contribution in [1.82, 2.24) is 5.32 Å². The van der Waals surface area contributed by atoms with Crippen molar-refractivity contribution >= 4 is 5.97 Å². The smallest absolute Gasteiger partial charge is 0.330 e. The zero-order valence-corrected chi connectivity index (χ0v) is 9.16. The lowest BCUT2D eigenvalue weighted by Crippen LogP contribution is -2.20. The lowest BCUT2D eigenvalue weighted by Gasteiger charge is -2.03. The summed E-state index contributed by atoms with van der Waals surface area (Å²) < 4.78 is 5.26. The van der Waals surface area contributed by atoms with Crippen molar-refractivity contribution in [1.29, 1.82) is 0 Å². The van der Waals surface area contributed by atoms with Gasteiger partial charge in [-0.15, -0.1) is 6.58 Å². The van der Waals surface area contributed by atoms with E-state index in [1.54, 1.807) is 13.0 Å². The highest BCUT2D eigenvalue weighted by Crippen LogP contribution is 1.89. The minimum atomic E-state index is -0.876. The first kappa shape index (κ1) is 13.9. The van der Waals surface area contributed by atoms with Crippen LogP contribution in [-0.4, -0.2) is 37.4 Å². The van der Waals surface area contributed by atoms with E-state index in [-0.39, 0.29) is 0 Å². The van der Waals surface area contributed by atoms with E-state index in [1.807, 2.05) is 6.08 Å². The van der Waals surface area contributed by atoms with Crippen LogP contribution in [0.2, 0.25) is 0 Å². The van der Waals surface area contributed by atoms with Crippen molar-refractivity contribution in [2.24, 2.45) is 0 Å². The molecule has 0 rings (SSSR count). The second kappa shape index (κ2) is 9.43. The molecule has 0 aliphatic heterocycles. The predicted molar refractivity (Wildman–Crippen MR) is 59.9 cm³/mol. The van der Waals surface area contributed by atoms with Gasteiger partial charge in [-0.05, 0) is 13.3 Å². The molecule has 0 saturated carbocycles. The highest BCUT2D eigenvalue weighted by molar-refractivity contribution is 5.85. The number of aliphatic carboxylic acids is 1. The molecule has 15 heavy (non-hydrogen) atoms. The van der Waals surface area contributed by atoms with Gasteiger partial charge in [-0.25, -0.2) is 4.79 Å². The number of hydrogen-bond acceptors (Lipinski definition) is 3. The molecule has 0 saturated heterocycles. The van der Waals surface area contributed by atoms with Gasteiger partial charge in [-0.1, -0.05) is 12.2 Å². The Balaban J connectivity index is 3.28. The van der Waals surface area contributed by atoms with Crippen LogP contribution >= 0.6 is 0 Å². The average molecular weight is 213 g/mol. The fraction of sp³-hybridized carbons (Fsp3) is 0.545. The maximum Gasteiger partial charge on any atom is 0.330 e. The summed E-state index contributed by atoms with van der Waals surface area (Å²) in [5.74, 6) is -0.876. The van der Waals surface area contributed by atoms with Crippen LogP contribution in [0, 0.1) is 0 Å². The molecule has 0 aliphatic rings. The Labute approximate surface area is 90.6 Å². The van der Waals surface area contributed by atoms with Gasteiger partial charge in [-0.3, -0.25) is 0 Å². The second-order valence-electron chi connectivity index (χ2n) is 3.09. The van der Waals surface area contributed by atoms with E-state index in [0.29, 0.717) is 25.3 Å². The van der Waals surface area contributed by atoms with Crippen molar-refractivity contribution < 1.29 is 14.6 Å². The molecular formula is C11H19NO3. The molecule has 86 valence electrons. The molecule has 2 N–H and O–H groups in total. The van der Waals surface area contributed by atoms with Crippen LogP contribution in [0.3, 0.4) is 0 Å². The van der Waals surface area contributed by atoms with Crippen molar-refractivity contribution in [2.45, 2.75) is 13.3 Å². The second-order valence-corrected chi connectivity index (χ2v) is 3.09. The van der Waals surface area contributed by atoms with Crippen LogP contribution < -0.4 is 5.32 Å². The summed E-state index contributed by atoms with van der Waals surface area (Å²) in [5, 5.41) is 11.6. The monoisotopic (exact) mass is 213 g/mol. The van der Waals surface area contributed by atoms with Crippen LogP contribution in [0.15, 0.2) is 24.3 Å². The van der Waals surface area contributed by atoms with Crippen LogP contribution in [0.5, 0.6) is 0 Å². The molecule has 0 atom stereocenters. The zero-order valence-electron chi connectivity index (χ0n) is 9.16. The lowest BCUT2D eigenvalue weighted by atomic mass is 10.3. The van der Waals surface area contributed by atoms with E-state index in [0.717, 1.165) is 13.0 Å². The van der Waals surface area contributed by atoms with E-state index in [2.05, 4.69) is 11.9 Å². The molecule has 0 aliphatic carbocycles. The number of hydrogen-bond donors (Lipinski definition) is 2. The van der Waals surface area contributed by atoms with Crippen LogP contribution in [-0.2, 0) is 9.53 Å². The van der Waals surface area contributed by atoms with Crippen molar-refractivity contribution in [3.8, 4) is 0 Å². The number of carboxylic acids is 1. The number of ether oxygens (including phenoxy) is 1. The van der Waals surface area contributed by atoms with Crippen LogP contribution in [0.1, 0.15) is 13.3 Å². The Morgan fingerprint density at radius 2 is 2.27 bits per heavy atom. The molecule has 0 radical (unpaired) electrons. The quantitative estimate of drug-likeness (QED) is 0.343. The maximum atomic E-state index is 10.4. The number of carbonyl (C=O) groups is 1. The fourth-order valence-corrected chi connectivity index (χ4v) is 0.828. The van der Waals surface area contributed by atoms with Gasteiger partial charge in [0.15, 0.2) is 0 Å². The molecule has 4 nitrogen and oxygen atoms in total. The highest BCUT2D eigenvalue weighted by atomic mass is 16.5. The van der Waals surface area contributed by atoms with E-state index >= 15 is 0 Å². The summed E-state index contributed by atoms with van der Waals surface area (Å²) in [5.41, 5.74) is 0.357. The highest BCUT2D eigenvalue weighted by Gasteiger charge is 1.97. The molecule has 4 heteroatoms. The standard InChI is InChI=1S/C11H19NO3/c1-3-4-8-15-9-7-12-6-5-10(2)11(13)14/h3,5,12H,1,4,6-9H2,2H3,(H,13,14)/b10-5-. The van der Waals surface area contributed by atoms with Crippen molar-refractivity contribution in [2.75, 3.05) is 26.3 Å². The SMILES string of the molecule is C=CCCOCCNC/C=C(/C)C(=O)O. The Hall–Kier alpha value is -1.13. The predicted octanol–water partition coefficient (Wildman–Crippen LogP) is 1.20. The summed E-state index contributed by atoms with van der Waals surface area (Å²) in [6.45, 7) is 7.76. The van der Waals surface area contributed by atoms with E-state index in [4.69, 9.17) is 9.84 Å². The fourth-order valence-electron chi connectivity index (χ4n) is 0.828. The first-order valence-electron chi connectivity index (χ1n) is 4.98. The Bertz CT molecular complexity index is 224. The molecule has 0 amide bonds. The van der Waals surface area contributed by atoms with E-state index in [1.165, 1.54) is 0 Å². The first-order chi connectivity index (χ1) is 7.18. The zero-order chi connectivity index (χ0) is 11.5. The number of nitrogens with one attached hydrogen (secondary N) is 1. The molecule has 0 aromatic heterocycles. The molecule has 0 aromatic carbocycles. The molecule has 0 aromatic rings. The van der Waals surface area contributed by atoms with Gasteiger partial charge >= 0.3 is 5.97 Å². The number of rotatable bonds is 9. The van der Waals surface area contributed by atoms with Gasteiger partial charge in [0.1, 0.15) is 0 Å². The van der Waals surface area contributed by atoms with Gasteiger partial charge in [0, 0.05) is 18.7 Å². The first-order valence-corrected chi connectivity index (χ1v) is 4.98. The third-order valence-corrected chi connectivity index (χ3v) is 1.78. The summed E-state index contributed by atoms with van der Waals surface area (Å²) in [7, 11) is 0. The minimum absolute atomic E-state index is 0.357. The van der Waals surface area contributed by atoms with Gasteiger partial charge in [0.2, 0.25) is 0 Å². The molecule has 0 spiro atoms. The molecule has 0 fully saturated rings. The summed E-state index contributed by atoms with van der Waals surface area (Å²) >= 11 is 0. The summed E-state index contributed by atoms with van der Waals surface area (Å²) in [6, 6.07) is 0. The Morgan fingerprint density at radius 3 is 2.87 bits per heavy atom. The average Bonchev–Trinajstić information content (AvgIpc) is 2.21. The van der Waals surface area contributed by atoms with E-state index in [9.17, 15) is 4.79 Å². The lowest BCUT2D eigenvalue weighted by molar-refractivity contribution is -0.132. The molecule has 0 heterocycles. The summed E-state index contributed by atoms with van der Waals surface area (Å²) in [6.07, 6.45) is 4.32. The van der Waals surface area contributed by atoms with Gasteiger partial charge in [-0.2, -0.15) is 0 Å². The van der Waals surface area contributed by atoms with E-state index < -0.39 is 5.97 Å². The van der Waals surface area contributed by atoms with Gasteiger partial charge < -0.3 is 15.2 Å².